The van der Waals surface area contributed by atoms with Gasteiger partial charge in [-0.05, 0) is 20.8 Å². The second-order valence-corrected chi connectivity index (χ2v) is 4.61. The lowest BCUT2D eigenvalue weighted by Crippen LogP contribution is -2.42. The quantitative estimate of drug-likeness (QED) is 0.413. The van der Waals surface area contributed by atoms with E-state index in [0.717, 1.165) is 0 Å². The standard InChI is InChI=1S/C10H22N2O6/c1-8(16-9(14)17-10(2,3)4)18-12(15)11(5)6-7-13/h8,13,15H,6-7H2,1-5H3. The highest BCUT2D eigenvalue weighted by molar-refractivity contribution is 5.60. The molecule has 0 aromatic carbocycles. The first-order chi connectivity index (χ1) is 8.15. The van der Waals surface area contributed by atoms with Crippen molar-refractivity contribution in [2.45, 2.75) is 39.6 Å². The van der Waals surface area contributed by atoms with E-state index in [1.165, 1.54) is 19.0 Å². The molecule has 0 aromatic heterocycles. The fraction of sp³-hybridized carbons (Fsp3) is 0.900. The van der Waals surface area contributed by atoms with Gasteiger partial charge < -0.3 is 14.6 Å². The molecule has 0 aliphatic rings. The third-order valence-electron chi connectivity index (χ3n) is 1.61. The second-order valence-electron chi connectivity index (χ2n) is 4.61. The van der Waals surface area contributed by atoms with Crippen LogP contribution in [0.1, 0.15) is 27.7 Å². The number of hydrogen-bond donors (Lipinski definition) is 2. The zero-order valence-electron chi connectivity index (χ0n) is 11.4. The van der Waals surface area contributed by atoms with Gasteiger partial charge in [-0.15, -0.1) is 0 Å². The van der Waals surface area contributed by atoms with Crippen molar-refractivity contribution in [2.24, 2.45) is 0 Å². The maximum atomic E-state index is 11.3. The van der Waals surface area contributed by atoms with Gasteiger partial charge in [0.05, 0.1) is 6.61 Å². The largest absolute Gasteiger partial charge is 0.511 e. The lowest BCUT2D eigenvalue weighted by Gasteiger charge is -2.26. The van der Waals surface area contributed by atoms with Crippen LogP contribution in [0.4, 0.5) is 4.79 Å². The van der Waals surface area contributed by atoms with Gasteiger partial charge >= 0.3 is 6.16 Å². The lowest BCUT2D eigenvalue weighted by molar-refractivity contribution is -0.469. The van der Waals surface area contributed by atoms with E-state index in [-0.39, 0.29) is 13.2 Å². The van der Waals surface area contributed by atoms with Crippen LogP contribution in [0.3, 0.4) is 0 Å². The minimum Gasteiger partial charge on any atom is -0.429 e. The van der Waals surface area contributed by atoms with Crippen molar-refractivity contribution >= 4 is 6.16 Å². The van der Waals surface area contributed by atoms with Gasteiger partial charge in [-0.25, -0.2) is 9.63 Å². The molecule has 0 bridgehead atoms. The van der Waals surface area contributed by atoms with Crippen molar-refractivity contribution in [1.29, 1.82) is 0 Å². The first kappa shape index (κ1) is 17.1. The molecule has 0 rings (SSSR count). The van der Waals surface area contributed by atoms with Gasteiger partial charge in [-0.1, -0.05) is 0 Å². The summed E-state index contributed by atoms with van der Waals surface area (Å²) in [5, 5.41) is 19.6. The molecule has 0 spiro atoms. The molecule has 0 saturated carbocycles. The highest BCUT2D eigenvalue weighted by Gasteiger charge is 2.21. The summed E-state index contributed by atoms with van der Waals surface area (Å²) < 4.78 is 9.65. The molecule has 2 N–H and O–H groups in total. The number of carbonyl (C=O) groups is 1. The van der Waals surface area contributed by atoms with E-state index in [2.05, 4.69) is 0 Å². The van der Waals surface area contributed by atoms with Crippen molar-refractivity contribution in [3.8, 4) is 0 Å². The summed E-state index contributed by atoms with van der Waals surface area (Å²) >= 11 is 0. The summed E-state index contributed by atoms with van der Waals surface area (Å²) in [6, 6.07) is 0. The molecule has 108 valence electrons. The number of carbonyl (C=O) groups excluding carboxylic acids is 1. The van der Waals surface area contributed by atoms with Gasteiger partial charge in [0, 0.05) is 25.9 Å². The normalized spacial score (nSPS) is 13.8. The Labute approximate surface area is 107 Å². The van der Waals surface area contributed by atoms with Crippen LogP contribution in [-0.4, -0.2) is 58.9 Å². The molecular formula is C10H22N2O6. The Balaban J connectivity index is 4.03. The van der Waals surface area contributed by atoms with Crippen molar-refractivity contribution in [1.82, 2.24) is 10.3 Å². The SMILES string of the molecule is CC(OC(=O)OC(C)(C)C)ON(O)N(C)CCO. The summed E-state index contributed by atoms with van der Waals surface area (Å²) in [7, 11) is 1.48. The van der Waals surface area contributed by atoms with Crippen LogP contribution in [0.15, 0.2) is 0 Å². The van der Waals surface area contributed by atoms with Crippen LogP contribution in [0, 0.1) is 0 Å². The average Bonchev–Trinajstić information content (AvgIpc) is 2.13. The molecule has 8 heteroatoms. The molecular weight excluding hydrogens is 244 g/mol. The molecule has 8 nitrogen and oxygen atoms in total. The molecule has 0 amide bonds. The third kappa shape index (κ3) is 8.20. The first-order valence-corrected chi connectivity index (χ1v) is 5.53. The van der Waals surface area contributed by atoms with Crippen LogP contribution in [0.5, 0.6) is 0 Å². The minimum atomic E-state index is -1.04. The molecule has 0 radical (unpaired) electrons. The van der Waals surface area contributed by atoms with E-state index in [9.17, 15) is 10.0 Å². The topological polar surface area (TPSA) is 91.7 Å². The number of nitrogens with zero attached hydrogens (tertiary/aromatic N) is 2. The van der Waals surface area contributed by atoms with Crippen LogP contribution >= 0.6 is 0 Å². The van der Waals surface area contributed by atoms with Crippen molar-refractivity contribution in [3.63, 3.8) is 0 Å². The molecule has 0 aromatic rings. The predicted molar refractivity (Wildman–Crippen MR) is 61.2 cm³/mol. The van der Waals surface area contributed by atoms with Gasteiger partial charge in [-0.3, -0.25) is 5.21 Å². The minimum absolute atomic E-state index is 0.155. The molecule has 0 heterocycles. The number of hydrogen-bond acceptors (Lipinski definition) is 8. The molecule has 0 aliphatic heterocycles. The summed E-state index contributed by atoms with van der Waals surface area (Å²) in [4.78, 5) is 16.1. The lowest BCUT2D eigenvalue weighted by atomic mass is 10.2. The van der Waals surface area contributed by atoms with Crippen molar-refractivity contribution < 1.29 is 29.4 Å². The van der Waals surface area contributed by atoms with E-state index in [4.69, 9.17) is 19.4 Å². The maximum absolute atomic E-state index is 11.3. The molecule has 0 fully saturated rings. The predicted octanol–water partition coefficient (Wildman–Crippen LogP) is 0.746. The Morgan fingerprint density at radius 3 is 2.39 bits per heavy atom. The van der Waals surface area contributed by atoms with Crippen LogP contribution in [0.2, 0.25) is 0 Å². The van der Waals surface area contributed by atoms with Crippen LogP contribution in [0.25, 0.3) is 0 Å². The van der Waals surface area contributed by atoms with E-state index in [1.54, 1.807) is 20.8 Å². The number of likely N-dealkylation sites (N-methyl/N-ethyl adjacent to an activating group) is 1. The molecule has 1 atom stereocenters. The van der Waals surface area contributed by atoms with Crippen molar-refractivity contribution in [3.05, 3.63) is 0 Å². The number of rotatable bonds is 6. The Kier molecular flexibility index (Phi) is 7.11. The smallest absolute Gasteiger partial charge is 0.429 e. The Morgan fingerprint density at radius 2 is 1.94 bits per heavy atom. The zero-order valence-corrected chi connectivity index (χ0v) is 11.4. The number of aliphatic hydroxyl groups excluding tert-OH is 1. The first-order valence-electron chi connectivity index (χ1n) is 5.53. The monoisotopic (exact) mass is 266 g/mol. The van der Waals surface area contributed by atoms with Gasteiger partial charge in [-0.2, -0.15) is 5.01 Å². The third-order valence-corrected chi connectivity index (χ3v) is 1.61. The second kappa shape index (κ2) is 7.49. The van der Waals surface area contributed by atoms with E-state index >= 15 is 0 Å². The molecule has 0 aliphatic carbocycles. The van der Waals surface area contributed by atoms with E-state index < -0.39 is 18.0 Å². The van der Waals surface area contributed by atoms with Gasteiger partial charge in [0.1, 0.15) is 5.60 Å². The summed E-state index contributed by atoms with van der Waals surface area (Å²) in [6.07, 6.45) is -1.93. The van der Waals surface area contributed by atoms with Crippen LogP contribution < -0.4 is 0 Å². The van der Waals surface area contributed by atoms with Gasteiger partial charge in [0.2, 0.25) is 6.29 Å². The van der Waals surface area contributed by atoms with E-state index in [1.807, 2.05) is 0 Å². The Hall–Kier alpha value is -0.930. The number of hydrazine groups is 1. The average molecular weight is 266 g/mol. The van der Waals surface area contributed by atoms with Gasteiger partial charge in [0.15, 0.2) is 0 Å². The highest BCUT2D eigenvalue weighted by Crippen LogP contribution is 2.10. The van der Waals surface area contributed by atoms with Crippen LogP contribution in [-0.2, 0) is 14.3 Å². The Morgan fingerprint density at radius 1 is 1.39 bits per heavy atom. The zero-order chi connectivity index (χ0) is 14.3. The van der Waals surface area contributed by atoms with E-state index in [0.29, 0.717) is 5.34 Å². The Bertz CT molecular complexity index is 255. The number of ether oxygens (including phenoxy) is 2. The molecule has 0 saturated heterocycles. The molecule has 1 unspecified atom stereocenters. The fourth-order valence-electron chi connectivity index (χ4n) is 0.875. The van der Waals surface area contributed by atoms with Gasteiger partial charge in [0.25, 0.3) is 0 Å². The van der Waals surface area contributed by atoms with Crippen molar-refractivity contribution in [2.75, 3.05) is 20.2 Å². The molecule has 18 heavy (non-hydrogen) atoms. The highest BCUT2D eigenvalue weighted by atomic mass is 17.0. The number of aliphatic hydroxyl groups is 1. The summed E-state index contributed by atoms with van der Waals surface area (Å²) in [5.74, 6) is 0. The summed E-state index contributed by atoms with van der Waals surface area (Å²) in [5.41, 5.74) is -0.663. The summed E-state index contributed by atoms with van der Waals surface area (Å²) in [6.45, 7) is 6.53. The maximum Gasteiger partial charge on any atom is 0.511 e. The fourth-order valence-corrected chi connectivity index (χ4v) is 0.875.